The summed E-state index contributed by atoms with van der Waals surface area (Å²) < 4.78 is 12.9. The number of nitrogens with zero attached hydrogens (tertiary/aromatic N) is 2. The van der Waals surface area contributed by atoms with Crippen molar-refractivity contribution in [2.75, 3.05) is 5.32 Å². The predicted octanol–water partition coefficient (Wildman–Crippen LogP) is 3.60. The van der Waals surface area contributed by atoms with E-state index in [4.69, 9.17) is 0 Å². The number of anilines is 2. The molecular formula is C19H17FN4O. The smallest absolute Gasteiger partial charge is 0.254 e. The maximum Gasteiger partial charge on any atom is 0.254 e. The second-order valence-electron chi connectivity index (χ2n) is 5.60. The minimum absolute atomic E-state index is 0.286. The third kappa shape index (κ3) is 4.60. The molecule has 25 heavy (non-hydrogen) atoms. The Kier molecular flexibility index (Phi) is 4.99. The van der Waals surface area contributed by atoms with Gasteiger partial charge in [-0.3, -0.25) is 4.79 Å². The minimum atomic E-state index is -0.305. The number of carbonyl (C=O) groups is 1. The van der Waals surface area contributed by atoms with Gasteiger partial charge in [-0.25, -0.2) is 14.4 Å². The van der Waals surface area contributed by atoms with E-state index in [1.54, 1.807) is 12.1 Å². The van der Waals surface area contributed by atoms with Crippen molar-refractivity contribution in [2.24, 2.45) is 0 Å². The SMILES string of the molecule is Cc1ccc(Nc2ncc(C(=O)NCc3ccc(F)cc3)cn2)cc1. The third-order valence-electron chi connectivity index (χ3n) is 3.59. The summed E-state index contributed by atoms with van der Waals surface area (Å²) in [4.78, 5) is 20.4. The van der Waals surface area contributed by atoms with Crippen LogP contribution in [-0.4, -0.2) is 15.9 Å². The molecule has 0 aliphatic heterocycles. The molecule has 0 radical (unpaired) electrons. The fourth-order valence-corrected chi connectivity index (χ4v) is 2.16. The summed E-state index contributed by atoms with van der Waals surface area (Å²) in [7, 11) is 0. The molecule has 0 fully saturated rings. The lowest BCUT2D eigenvalue weighted by atomic mass is 10.2. The number of aryl methyl sites for hydroxylation is 1. The van der Waals surface area contributed by atoms with E-state index in [2.05, 4.69) is 20.6 Å². The summed E-state index contributed by atoms with van der Waals surface area (Å²) in [5.74, 6) is -0.176. The Labute approximate surface area is 145 Å². The highest BCUT2D eigenvalue weighted by atomic mass is 19.1. The molecular weight excluding hydrogens is 319 g/mol. The zero-order valence-electron chi connectivity index (χ0n) is 13.7. The van der Waals surface area contributed by atoms with Crippen LogP contribution in [0.25, 0.3) is 0 Å². The first-order valence-corrected chi connectivity index (χ1v) is 7.78. The van der Waals surface area contributed by atoms with Gasteiger partial charge in [0.25, 0.3) is 5.91 Å². The normalized spacial score (nSPS) is 10.3. The van der Waals surface area contributed by atoms with Crippen LogP contribution in [0.3, 0.4) is 0 Å². The van der Waals surface area contributed by atoms with Gasteiger partial charge in [-0.05, 0) is 36.8 Å². The monoisotopic (exact) mass is 336 g/mol. The summed E-state index contributed by atoms with van der Waals surface area (Å²) in [5.41, 5.74) is 3.21. The van der Waals surface area contributed by atoms with E-state index in [9.17, 15) is 9.18 Å². The van der Waals surface area contributed by atoms with Gasteiger partial charge in [0.1, 0.15) is 5.82 Å². The number of aromatic nitrogens is 2. The number of hydrogen-bond acceptors (Lipinski definition) is 4. The number of amides is 1. The second-order valence-corrected chi connectivity index (χ2v) is 5.60. The van der Waals surface area contributed by atoms with Gasteiger partial charge < -0.3 is 10.6 Å². The highest BCUT2D eigenvalue weighted by molar-refractivity contribution is 5.93. The van der Waals surface area contributed by atoms with Crippen LogP contribution in [0.2, 0.25) is 0 Å². The number of hydrogen-bond donors (Lipinski definition) is 2. The molecule has 0 aliphatic carbocycles. The maximum absolute atomic E-state index is 12.9. The molecule has 0 bridgehead atoms. The number of halogens is 1. The number of carbonyl (C=O) groups excluding carboxylic acids is 1. The highest BCUT2D eigenvalue weighted by Gasteiger charge is 2.07. The van der Waals surface area contributed by atoms with Gasteiger partial charge in [-0.1, -0.05) is 29.8 Å². The van der Waals surface area contributed by atoms with E-state index in [0.29, 0.717) is 18.1 Å². The molecule has 1 heterocycles. The van der Waals surface area contributed by atoms with Crippen molar-refractivity contribution >= 4 is 17.5 Å². The number of benzene rings is 2. The van der Waals surface area contributed by atoms with Crippen molar-refractivity contribution in [3.05, 3.63) is 83.4 Å². The molecule has 2 N–H and O–H groups in total. The molecule has 0 atom stereocenters. The number of nitrogens with one attached hydrogen (secondary N) is 2. The zero-order chi connectivity index (χ0) is 17.6. The predicted molar refractivity (Wildman–Crippen MR) is 94.1 cm³/mol. The summed E-state index contributed by atoms with van der Waals surface area (Å²) in [6, 6.07) is 13.8. The third-order valence-corrected chi connectivity index (χ3v) is 3.59. The Morgan fingerprint density at radius 1 is 1.00 bits per heavy atom. The lowest BCUT2D eigenvalue weighted by Crippen LogP contribution is -2.23. The molecule has 1 aromatic heterocycles. The van der Waals surface area contributed by atoms with Gasteiger partial charge >= 0.3 is 0 Å². The quantitative estimate of drug-likeness (QED) is 0.747. The summed E-state index contributed by atoms with van der Waals surface area (Å²) >= 11 is 0. The standard InChI is InChI=1S/C19H17FN4O/c1-13-2-8-17(9-3-13)24-19-22-11-15(12-23-19)18(25)21-10-14-4-6-16(20)7-5-14/h2-9,11-12H,10H2,1H3,(H,21,25)(H,22,23,24). The topological polar surface area (TPSA) is 66.9 Å². The highest BCUT2D eigenvalue weighted by Crippen LogP contribution is 2.13. The Bertz CT molecular complexity index is 846. The van der Waals surface area contributed by atoms with Gasteiger partial charge in [-0.15, -0.1) is 0 Å². The van der Waals surface area contributed by atoms with Crippen LogP contribution in [-0.2, 0) is 6.54 Å². The molecule has 0 saturated heterocycles. The van der Waals surface area contributed by atoms with Crippen molar-refractivity contribution in [3.8, 4) is 0 Å². The molecule has 0 saturated carbocycles. The first-order chi connectivity index (χ1) is 12.1. The fourth-order valence-electron chi connectivity index (χ4n) is 2.16. The van der Waals surface area contributed by atoms with Crippen LogP contribution in [0.15, 0.2) is 60.9 Å². The van der Waals surface area contributed by atoms with Crippen LogP contribution in [0.5, 0.6) is 0 Å². The van der Waals surface area contributed by atoms with Crippen molar-refractivity contribution in [2.45, 2.75) is 13.5 Å². The zero-order valence-corrected chi connectivity index (χ0v) is 13.7. The maximum atomic E-state index is 12.9. The van der Waals surface area contributed by atoms with E-state index >= 15 is 0 Å². The Hall–Kier alpha value is -3.28. The Balaban J connectivity index is 1.58. The molecule has 0 aliphatic rings. The first kappa shape index (κ1) is 16.6. The fraction of sp³-hybridized carbons (Fsp3) is 0.105. The van der Waals surface area contributed by atoms with E-state index in [-0.39, 0.29) is 11.7 Å². The van der Waals surface area contributed by atoms with E-state index in [0.717, 1.165) is 11.3 Å². The van der Waals surface area contributed by atoms with Crippen molar-refractivity contribution in [1.29, 1.82) is 0 Å². The summed E-state index contributed by atoms with van der Waals surface area (Å²) in [6.45, 7) is 2.32. The van der Waals surface area contributed by atoms with Crippen LogP contribution < -0.4 is 10.6 Å². The van der Waals surface area contributed by atoms with Gasteiger partial charge in [0.2, 0.25) is 5.95 Å². The average molecular weight is 336 g/mol. The van der Waals surface area contributed by atoms with E-state index in [1.165, 1.54) is 30.1 Å². The molecule has 3 aromatic rings. The number of rotatable bonds is 5. The van der Waals surface area contributed by atoms with Crippen molar-refractivity contribution in [3.63, 3.8) is 0 Å². The molecule has 3 rings (SSSR count). The van der Waals surface area contributed by atoms with Crippen LogP contribution in [0.4, 0.5) is 16.0 Å². The van der Waals surface area contributed by atoms with Gasteiger partial charge in [0.05, 0.1) is 5.56 Å². The minimum Gasteiger partial charge on any atom is -0.348 e. The summed E-state index contributed by atoms with van der Waals surface area (Å²) in [6.07, 6.45) is 2.92. The largest absolute Gasteiger partial charge is 0.348 e. The molecule has 126 valence electrons. The van der Waals surface area contributed by atoms with Crippen molar-refractivity contribution in [1.82, 2.24) is 15.3 Å². The molecule has 5 nitrogen and oxygen atoms in total. The molecule has 0 unspecified atom stereocenters. The second kappa shape index (κ2) is 7.53. The van der Waals surface area contributed by atoms with Gasteiger partial charge in [0, 0.05) is 24.6 Å². The van der Waals surface area contributed by atoms with Crippen LogP contribution in [0, 0.1) is 12.7 Å². The van der Waals surface area contributed by atoms with Crippen LogP contribution in [0.1, 0.15) is 21.5 Å². The van der Waals surface area contributed by atoms with Crippen LogP contribution >= 0.6 is 0 Å². The van der Waals surface area contributed by atoms with E-state index in [1.807, 2.05) is 31.2 Å². The Morgan fingerprint density at radius 3 is 2.28 bits per heavy atom. The molecule has 6 heteroatoms. The van der Waals surface area contributed by atoms with Gasteiger partial charge in [-0.2, -0.15) is 0 Å². The average Bonchev–Trinajstić information content (AvgIpc) is 2.63. The lowest BCUT2D eigenvalue weighted by Gasteiger charge is -2.07. The summed E-state index contributed by atoms with van der Waals surface area (Å²) in [5, 5.41) is 5.82. The van der Waals surface area contributed by atoms with Gasteiger partial charge in [0.15, 0.2) is 0 Å². The lowest BCUT2D eigenvalue weighted by molar-refractivity contribution is 0.0950. The van der Waals surface area contributed by atoms with Crippen molar-refractivity contribution < 1.29 is 9.18 Å². The molecule has 1 amide bonds. The van der Waals surface area contributed by atoms with E-state index < -0.39 is 0 Å². The Morgan fingerprint density at radius 2 is 1.64 bits per heavy atom. The molecule has 2 aromatic carbocycles. The first-order valence-electron chi connectivity index (χ1n) is 7.78. The molecule has 0 spiro atoms.